The molecule has 11 heteroatoms. The zero-order valence-corrected chi connectivity index (χ0v) is 21.9. The van der Waals surface area contributed by atoms with Crippen molar-refractivity contribution in [3.8, 4) is 5.75 Å². The predicted molar refractivity (Wildman–Crippen MR) is 139 cm³/mol. The quantitative estimate of drug-likeness (QED) is 0.194. The van der Waals surface area contributed by atoms with Crippen molar-refractivity contribution < 1.29 is 31.5 Å². The minimum absolute atomic E-state index is 0.0820. The van der Waals surface area contributed by atoms with Crippen molar-refractivity contribution in [3.05, 3.63) is 65.9 Å². The highest BCUT2D eigenvalue weighted by Gasteiger charge is 2.28. The average molecular weight is 532 g/mol. The third-order valence-electron chi connectivity index (χ3n) is 6.21. The van der Waals surface area contributed by atoms with Crippen molar-refractivity contribution >= 4 is 33.2 Å². The monoisotopic (exact) mass is 531 g/mol. The van der Waals surface area contributed by atoms with Gasteiger partial charge in [0.1, 0.15) is 18.4 Å². The number of para-hydroxylation sites is 1. The van der Waals surface area contributed by atoms with E-state index in [0.29, 0.717) is 17.9 Å². The molecule has 10 nitrogen and oxygen atoms in total. The molecule has 0 aliphatic carbocycles. The lowest BCUT2D eigenvalue weighted by Crippen LogP contribution is -2.51. The Labute approximate surface area is 216 Å². The van der Waals surface area contributed by atoms with Gasteiger partial charge in [0.05, 0.1) is 6.04 Å². The second-order valence-electron chi connectivity index (χ2n) is 8.98. The van der Waals surface area contributed by atoms with E-state index in [1.54, 1.807) is 7.05 Å². The number of carbonyl (C=O) groups is 2. The van der Waals surface area contributed by atoms with Gasteiger partial charge in [-0.25, -0.2) is 4.79 Å². The van der Waals surface area contributed by atoms with Crippen molar-refractivity contribution in [1.29, 1.82) is 0 Å². The lowest BCUT2D eigenvalue weighted by atomic mass is 9.98. The highest BCUT2D eigenvalue weighted by molar-refractivity contribution is 7.81. The smallest absolute Gasteiger partial charge is 0.446 e. The number of esters is 1. The number of carbonyl (C=O) groups excluding carboxylic acids is 2. The molecular formula is C26H33N3O7S. The van der Waals surface area contributed by atoms with Crippen LogP contribution < -0.4 is 14.8 Å². The van der Waals surface area contributed by atoms with Gasteiger partial charge in [-0.05, 0) is 48.7 Å². The fourth-order valence-corrected chi connectivity index (χ4v) is 4.28. The summed E-state index contributed by atoms with van der Waals surface area (Å²) in [7, 11) is -2.91. The maximum Gasteiger partial charge on any atom is 0.446 e. The van der Waals surface area contributed by atoms with Gasteiger partial charge in [0.15, 0.2) is 0 Å². The maximum absolute atomic E-state index is 13.2. The van der Waals surface area contributed by atoms with E-state index in [1.165, 1.54) is 24.3 Å². The summed E-state index contributed by atoms with van der Waals surface area (Å²) >= 11 is 0. The summed E-state index contributed by atoms with van der Waals surface area (Å²) in [6.45, 7) is 4.03. The van der Waals surface area contributed by atoms with Crippen LogP contribution in [0.3, 0.4) is 0 Å². The van der Waals surface area contributed by atoms with Crippen LogP contribution in [0.15, 0.2) is 54.7 Å². The average Bonchev–Trinajstić information content (AvgIpc) is 3.27. The molecule has 0 fully saturated rings. The van der Waals surface area contributed by atoms with Gasteiger partial charge in [-0.3, -0.25) is 9.35 Å². The van der Waals surface area contributed by atoms with Crippen molar-refractivity contribution in [2.75, 3.05) is 7.05 Å². The van der Waals surface area contributed by atoms with E-state index < -0.39 is 28.5 Å². The minimum atomic E-state index is -4.63. The SMILES string of the molecule is CC[C@H](C)C[C@H](NC)C(=O)N[C@@H](Cc1c[nH]c2ccccc12)C(=O)OCc1ccc(OS(=O)(=O)O)cc1. The Balaban J connectivity index is 1.74. The molecule has 0 aliphatic rings. The lowest BCUT2D eigenvalue weighted by Gasteiger charge is -2.23. The van der Waals surface area contributed by atoms with E-state index in [4.69, 9.17) is 9.29 Å². The Morgan fingerprint density at radius 3 is 2.43 bits per heavy atom. The van der Waals surface area contributed by atoms with Crippen LogP contribution in [-0.4, -0.2) is 49.0 Å². The fraction of sp³-hybridized carbons (Fsp3) is 0.385. The first kappa shape index (κ1) is 28.2. The number of rotatable bonds is 13. The molecule has 1 amide bonds. The molecule has 3 aromatic rings. The van der Waals surface area contributed by atoms with Crippen LogP contribution in [0.2, 0.25) is 0 Å². The number of nitrogens with one attached hydrogen (secondary N) is 3. The van der Waals surface area contributed by atoms with Gasteiger partial charge in [0.25, 0.3) is 0 Å². The Hall–Kier alpha value is -3.41. The molecule has 0 saturated carbocycles. The molecular weight excluding hydrogens is 498 g/mol. The van der Waals surface area contributed by atoms with E-state index in [0.717, 1.165) is 22.9 Å². The van der Waals surface area contributed by atoms with Gasteiger partial charge in [-0.2, -0.15) is 8.42 Å². The summed E-state index contributed by atoms with van der Waals surface area (Å²) in [5.74, 6) is -0.636. The number of hydrogen-bond donors (Lipinski definition) is 4. The largest absolute Gasteiger partial charge is 0.459 e. The first-order chi connectivity index (χ1) is 17.6. The number of fused-ring (bicyclic) bond motifs is 1. The number of benzene rings is 2. The van der Waals surface area contributed by atoms with Crippen LogP contribution in [0.5, 0.6) is 5.75 Å². The van der Waals surface area contributed by atoms with Crippen LogP contribution in [0, 0.1) is 5.92 Å². The van der Waals surface area contributed by atoms with Crippen LogP contribution in [0.1, 0.15) is 37.8 Å². The summed E-state index contributed by atoms with van der Waals surface area (Å²) in [4.78, 5) is 29.4. The summed E-state index contributed by atoms with van der Waals surface area (Å²) in [6, 6.07) is 12.0. The van der Waals surface area contributed by atoms with Gasteiger partial charge < -0.3 is 24.5 Å². The molecule has 3 atom stereocenters. The van der Waals surface area contributed by atoms with Crippen LogP contribution in [0.25, 0.3) is 10.9 Å². The first-order valence-electron chi connectivity index (χ1n) is 12.0. The molecule has 0 bridgehead atoms. The highest BCUT2D eigenvalue weighted by atomic mass is 32.3. The van der Waals surface area contributed by atoms with Gasteiger partial charge in [-0.1, -0.05) is 50.6 Å². The van der Waals surface area contributed by atoms with E-state index in [-0.39, 0.29) is 24.7 Å². The van der Waals surface area contributed by atoms with E-state index >= 15 is 0 Å². The molecule has 2 aromatic carbocycles. The minimum Gasteiger partial charge on any atom is -0.459 e. The topological polar surface area (TPSA) is 147 Å². The van der Waals surface area contributed by atoms with Crippen molar-refractivity contribution in [1.82, 2.24) is 15.6 Å². The molecule has 0 spiro atoms. The molecule has 0 radical (unpaired) electrons. The van der Waals surface area contributed by atoms with Crippen LogP contribution in [-0.2, 0) is 37.8 Å². The molecule has 0 aliphatic heterocycles. The van der Waals surface area contributed by atoms with Crippen LogP contribution >= 0.6 is 0 Å². The second-order valence-corrected chi connectivity index (χ2v) is 10.0. The number of likely N-dealkylation sites (N-methyl/N-ethyl adjacent to an activating group) is 1. The van der Waals surface area contributed by atoms with Gasteiger partial charge >= 0.3 is 16.4 Å². The maximum atomic E-state index is 13.2. The number of ether oxygens (including phenoxy) is 1. The van der Waals surface area contributed by atoms with Crippen LogP contribution in [0.4, 0.5) is 0 Å². The van der Waals surface area contributed by atoms with E-state index in [1.807, 2.05) is 30.5 Å². The van der Waals surface area contributed by atoms with Crippen molar-refractivity contribution in [2.24, 2.45) is 5.92 Å². The Morgan fingerprint density at radius 2 is 1.78 bits per heavy atom. The fourth-order valence-electron chi connectivity index (χ4n) is 3.93. The molecule has 37 heavy (non-hydrogen) atoms. The summed E-state index contributed by atoms with van der Waals surface area (Å²) in [5, 5.41) is 6.86. The third kappa shape index (κ3) is 8.31. The summed E-state index contributed by atoms with van der Waals surface area (Å²) in [5.41, 5.74) is 2.36. The standard InChI is InChI=1S/C26H33N3O7S/c1-4-17(2)13-23(27-3)25(30)29-24(14-19-15-28-22-8-6-5-7-21(19)22)26(31)35-16-18-9-11-20(12-10-18)36-37(32,33)34/h5-12,15,17,23-24,27-28H,4,13-14,16H2,1-3H3,(H,29,30)(H,32,33,34)/t17-,23-,24-/m0/s1. The molecule has 0 unspecified atom stereocenters. The first-order valence-corrected chi connectivity index (χ1v) is 13.4. The number of H-pyrrole nitrogens is 1. The second kappa shape index (κ2) is 12.7. The van der Waals surface area contributed by atoms with E-state index in [9.17, 15) is 18.0 Å². The Bertz CT molecular complexity index is 1310. The normalized spacial score (nSPS) is 14.1. The molecule has 0 saturated heterocycles. The molecule has 3 rings (SSSR count). The van der Waals surface area contributed by atoms with E-state index in [2.05, 4.69) is 33.6 Å². The van der Waals surface area contributed by atoms with Gasteiger partial charge in [0.2, 0.25) is 5.91 Å². The highest BCUT2D eigenvalue weighted by Crippen LogP contribution is 2.20. The van der Waals surface area contributed by atoms with Gasteiger partial charge in [-0.15, -0.1) is 0 Å². The Morgan fingerprint density at radius 1 is 1.08 bits per heavy atom. The summed E-state index contributed by atoms with van der Waals surface area (Å²) in [6.07, 6.45) is 3.61. The Kier molecular flexibility index (Phi) is 9.67. The third-order valence-corrected chi connectivity index (χ3v) is 6.61. The lowest BCUT2D eigenvalue weighted by molar-refractivity contribution is -0.149. The molecule has 1 heterocycles. The number of aromatic amines is 1. The zero-order valence-electron chi connectivity index (χ0n) is 21.1. The van der Waals surface area contributed by atoms with Crippen molar-refractivity contribution in [3.63, 3.8) is 0 Å². The van der Waals surface area contributed by atoms with Gasteiger partial charge in [0, 0.05) is 23.5 Å². The summed E-state index contributed by atoms with van der Waals surface area (Å²) < 4.78 is 40.4. The molecule has 1 aromatic heterocycles. The number of amides is 1. The molecule has 200 valence electrons. The molecule has 4 N–H and O–H groups in total. The number of aromatic nitrogens is 1. The predicted octanol–water partition coefficient (Wildman–Crippen LogP) is 3.14. The number of hydrogen-bond acceptors (Lipinski definition) is 7. The van der Waals surface area contributed by atoms with Crippen molar-refractivity contribution in [2.45, 2.75) is 51.8 Å². The zero-order chi connectivity index (χ0) is 27.0.